The second-order valence-corrected chi connectivity index (χ2v) is 10.0. The van der Waals surface area contributed by atoms with Crippen LogP contribution in [-0.2, 0) is 27.9 Å². The Kier molecular flexibility index (Phi) is 5.88. The zero-order valence-corrected chi connectivity index (χ0v) is 17.3. The fourth-order valence-corrected chi connectivity index (χ4v) is 5.60. The van der Waals surface area contributed by atoms with Crippen LogP contribution in [0.3, 0.4) is 0 Å². The summed E-state index contributed by atoms with van der Waals surface area (Å²) >= 11 is 1.21. The van der Waals surface area contributed by atoms with Gasteiger partial charge in [-0.2, -0.15) is 4.31 Å². The number of rotatable bonds is 5. The van der Waals surface area contributed by atoms with Crippen LogP contribution in [0.4, 0.5) is 0 Å². The van der Waals surface area contributed by atoms with E-state index in [1.807, 2.05) is 32.0 Å². The number of nitrogens with zero attached hydrogens (tertiary/aromatic N) is 2. The van der Waals surface area contributed by atoms with Crippen LogP contribution in [-0.4, -0.2) is 43.7 Å². The Morgan fingerprint density at radius 1 is 1.33 bits per heavy atom. The van der Waals surface area contributed by atoms with Crippen LogP contribution < -0.4 is 4.74 Å². The molecule has 0 saturated heterocycles. The Morgan fingerprint density at radius 3 is 2.78 bits per heavy atom. The van der Waals surface area contributed by atoms with E-state index in [0.29, 0.717) is 29.7 Å². The molecule has 1 aromatic heterocycles. The van der Waals surface area contributed by atoms with Crippen molar-refractivity contribution in [2.45, 2.75) is 31.1 Å². The van der Waals surface area contributed by atoms with Crippen molar-refractivity contribution in [3.8, 4) is 5.75 Å². The lowest BCUT2D eigenvalue weighted by molar-refractivity contribution is -0.133. The van der Waals surface area contributed by atoms with Crippen molar-refractivity contribution in [1.29, 1.82) is 0 Å². The average molecular weight is 409 g/mol. The van der Waals surface area contributed by atoms with Gasteiger partial charge in [-0.25, -0.2) is 8.42 Å². The zero-order valence-electron chi connectivity index (χ0n) is 15.7. The molecule has 0 bridgehead atoms. The summed E-state index contributed by atoms with van der Waals surface area (Å²) in [5, 5.41) is 1.76. The molecular weight excluding hydrogens is 384 g/mol. The highest BCUT2D eigenvalue weighted by Crippen LogP contribution is 2.29. The van der Waals surface area contributed by atoms with Crippen molar-refractivity contribution in [2.24, 2.45) is 5.92 Å². The summed E-state index contributed by atoms with van der Waals surface area (Å²) in [4.78, 5) is 13.8. The molecule has 6 nitrogen and oxygen atoms in total. The monoisotopic (exact) mass is 408 g/mol. The summed E-state index contributed by atoms with van der Waals surface area (Å²) in [7, 11) is -1.76. The number of amides is 1. The Labute approximate surface area is 164 Å². The van der Waals surface area contributed by atoms with E-state index in [9.17, 15) is 13.2 Å². The van der Waals surface area contributed by atoms with Gasteiger partial charge in [0, 0.05) is 38.2 Å². The average Bonchev–Trinajstić information content (AvgIpc) is 3.08. The second kappa shape index (κ2) is 8.00. The SMILES string of the molecule is CC(C)C(=O)N(C)Cc1ccc2c(c1)CN(S(=O)(=O)c1cccs1)CCO2. The van der Waals surface area contributed by atoms with Crippen LogP contribution in [0.1, 0.15) is 25.0 Å². The van der Waals surface area contributed by atoms with E-state index in [1.54, 1.807) is 29.5 Å². The Morgan fingerprint density at radius 2 is 2.11 bits per heavy atom. The Hall–Kier alpha value is -1.90. The first-order chi connectivity index (χ1) is 12.8. The predicted molar refractivity (Wildman–Crippen MR) is 105 cm³/mol. The lowest BCUT2D eigenvalue weighted by atomic mass is 10.1. The third kappa shape index (κ3) is 4.34. The zero-order chi connectivity index (χ0) is 19.6. The molecule has 0 unspecified atom stereocenters. The molecule has 0 radical (unpaired) electrons. The van der Waals surface area contributed by atoms with E-state index in [2.05, 4.69) is 0 Å². The van der Waals surface area contributed by atoms with E-state index in [4.69, 9.17) is 4.74 Å². The van der Waals surface area contributed by atoms with E-state index in [1.165, 1.54) is 15.6 Å². The van der Waals surface area contributed by atoms with E-state index in [0.717, 1.165) is 11.1 Å². The van der Waals surface area contributed by atoms with Gasteiger partial charge in [0.1, 0.15) is 16.6 Å². The van der Waals surface area contributed by atoms with E-state index < -0.39 is 10.0 Å². The quantitative estimate of drug-likeness (QED) is 0.763. The van der Waals surface area contributed by atoms with Crippen LogP contribution in [0.15, 0.2) is 39.9 Å². The number of hydrogen-bond acceptors (Lipinski definition) is 5. The molecule has 0 N–H and O–H groups in total. The number of carbonyl (C=O) groups is 1. The third-order valence-electron chi connectivity index (χ3n) is 4.45. The number of benzene rings is 1. The number of carbonyl (C=O) groups excluding carboxylic acids is 1. The molecule has 0 aliphatic carbocycles. The minimum Gasteiger partial charge on any atom is -0.492 e. The van der Waals surface area contributed by atoms with Gasteiger partial charge in [0.15, 0.2) is 0 Å². The van der Waals surface area contributed by atoms with Crippen LogP contribution in [0.5, 0.6) is 5.75 Å². The third-order valence-corrected chi connectivity index (χ3v) is 7.67. The number of thiophene rings is 1. The molecular formula is C19H24N2O4S2. The number of ether oxygens (including phenoxy) is 1. The molecule has 146 valence electrons. The summed E-state index contributed by atoms with van der Waals surface area (Å²) in [6, 6.07) is 9.07. The standard InChI is InChI=1S/C19H24N2O4S2/c1-14(2)19(22)20(3)12-15-6-7-17-16(11-15)13-21(8-9-25-17)27(23,24)18-5-4-10-26-18/h4-7,10-11,14H,8-9,12-13H2,1-3H3. The van der Waals surface area contributed by atoms with Gasteiger partial charge in [0.05, 0.1) is 0 Å². The number of sulfonamides is 1. The van der Waals surface area contributed by atoms with Crippen molar-refractivity contribution >= 4 is 27.3 Å². The maximum Gasteiger partial charge on any atom is 0.252 e. The minimum absolute atomic E-state index is 0.0643. The highest BCUT2D eigenvalue weighted by Gasteiger charge is 2.28. The van der Waals surface area contributed by atoms with Gasteiger partial charge in [-0.3, -0.25) is 4.79 Å². The van der Waals surface area contributed by atoms with Crippen LogP contribution in [0.2, 0.25) is 0 Å². The first-order valence-corrected chi connectivity index (χ1v) is 11.1. The van der Waals surface area contributed by atoms with E-state index >= 15 is 0 Å². The normalized spacial score (nSPS) is 15.1. The molecule has 2 heterocycles. The van der Waals surface area contributed by atoms with Gasteiger partial charge in [-0.05, 0) is 29.1 Å². The number of fused-ring (bicyclic) bond motifs is 1. The topological polar surface area (TPSA) is 66.9 Å². The fourth-order valence-electron chi connectivity index (χ4n) is 3.06. The molecule has 2 aromatic rings. The van der Waals surface area contributed by atoms with Crippen molar-refractivity contribution in [3.05, 3.63) is 46.8 Å². The smallest absolute Gasteiger partial charge is 0.252 e. The summed E-state index contributed by atoms with van der Waals surface area (Å²) in [5.41, 5.74) is 1.76. The molecule has 0 fully saturated rings. The molecule has 27 heavy (non-hydrogen) atoms. The van der Waals surface area contributed by atoms with Gasteiger partial charge in [0.2, 0.25) is 5.91 Å². The van der Waals surface area contributed by atoms with Crippen molar-refractivity contribution in [1.82, 2.24) is 9.21 Å². The van der Waals surface area contributed by atoms with Crippen molar-refractivity contribution in [2.75, 3.05) is 20.2 Å². The summed E-state index contributed by atoms with van der Waals surface area (Å²) < 4.78 is 33.3. The van der Waals surface area contributed by atoms with Crippen molar-refractivity contribution in [3.63, 3.8) is 0 Å². The Balaban J connectivity index is 1.83. The second-order valence-electron chi connectivity index (χ2n) is 6.91. The molecule has 0 spiro atoms. The first kappa shape index (κ1) is 19.9. The molecule has 3 rings (SSSR count). The molecule has 0 atom stereocenters. The summed E-state index contributed by atoms with van der Waals surface area (Å²) in [6.07, 6.45) is 0. The minimum atomic E-state index is -3.54. The highest BCUT2D eigenvalue weighted by atomic mass is 32.2. The molecule has 8 heteroatoms. The van der Waals surface area contributed by atoms with Crippen LogP contribution >= 0.6 is 11.3 Å². The maximum absolute atomic E-state index is 12.9. The van der Waals surface area contributed by atoms with Gasteiger partial charge in [-0.15, -0.1) is 11.3 Å². The van der Waals surface area contributed by atoms with Gasteiger partial charge in [-0.1, -0.05) is 26.0 Å². The lowest BCUT2D eigenvalue weighted by Crippen LogP contribution is -2.32. The van der Waals surface area contributed by atoms with Gasteiger partial charge < -0.3 is 9.64 Å². The number of hydrogen-bond donors (Lipinski definition) is 0. The maximum atomic E-state index is 12.9. The first-order valence-electron chi connectivity index (χ1n) is 8.82. The molecule has 1 aliphatic rings. The fraction of sp³-hybridized carbons (Fsp3) is 0.421. The lowest BCUT2D eigenvalue weighted by Gasteiger charge is -2.21. The Bertz CT molecular complexity index is 908. The van der Waals surface area contributed by atoms with Crippen LogP contribution in [0, 0.1) is 5.92 Å². The summed E-state index contributed by atoms with van der Waals surface area (Å²) in [6.45, 7) is 5.08. The largest absolute Gasteiger partial charge is 0.492 e. The highest BCUT2D eigenvalue weighted by molar-refractivity contribution is 7.91. The molecule has 1 aliphatic heterocycles. The van der Waals surface area contributed by atoms with E-state index in [-0.39, 0.29) is 18.4 Å². The molecule has 1 aromatic carbocycles. The van der Waals surface area contributed by atoms with Crippen LogP contribution in [0.25, 0.3) is 0 Å². The van der Waals surface area contributed by atoms with Gasteiger partial charge in [0.25, 0.3) is 10.0 Å². The van der Waals surface area contributed by atoms with Gasteiger partial charge >= 0.3 is 0 Å². The molecule has 0 saturated carbocycles. The predicted octanol–water partition coefficient (Wildman–Crippen LogP) is 2.95. The summed E-state index contributed by atoms with van der Waals surface area (Å²) in [5.74, 6) is 0.703. The van der Waals surface area contributed by atoms with Crippen molar-refractivity contribution < 1.29 is 17.9 Å². The molecule has 1 amide bonds.